The number of hydrogen-bond donors (Lipinski definition) is 0. The van der Waals surface area contributed by atoms with Gasteiger partial charge in [0.25, 0.3) is 0 Å². The minimum atomic E-state index is 0.303. The molecule has 3 unspecified atom stereocenters. The lowest BCUT2D eigenvalue weighted by Gasteiger charge is -2.41. The minimum Gasteiger partial charge on any atom is -0.301 e. The second-order valence-corrected chi connectivity index (χ2v) is 7.24. The number of carbonyl (C=O) groups is 1. The Kier molecular flexibility index (Phi) is 5.62. The van der Waals surface area contributed by atoms with E-state index in [9.17, 15) is 4.79 Å². The Labute approximate surface area is 124 Å². The summed E-state index contributed by atoms with van der Waals surface area (Å²) in [5.74, 6) is 2.31. The molecule has 3 nitrogen and oxygen atoms in total. The van der Waals surface area contributed by atoms with E-state index in [0.717, 1.165) is 57.3 Å². The SMILES string of the molecule is CCC1CN(CC2CC(C(C)C)CCC2=O)CCN1C. The molecule has 0 bridgehead atoms. The zero-order chi connectivity index (χ0) is 14.7. The Hall–Kier alpha value is -0.410. The Morgan fingerprint density at radius 3 is 2.70 bits per heavy atom. The van der Waals surface area contributed by atoms with Crippen molar-refractivity contribution in [2.75, 3.05) is 33.2 Å². The highest BCUT2D eigenvalue weighted by atomic mass is 16.1. The molecule has 3 atom stereocenters. The Bertz CT molecular complexity index is 329. The van der Waals surface area contributed by atoms with Gasteiger partial charge in [-0.1, -0.05) is 20.8 Å². The highest BCUT2D eigenvalue weighted by Crippen LogP contribution is 2.32. The molecule has 1 heterocycles. The topological polar surface area (TPSA) is 23.6 Å². The van der Waals surface area contributed by atoms with Crippen molar-refractivity contribution in [3.63, 3.8) is 0 Å². The second-order valence-electron chi connectivity index (χ2n) is 7.24. The largest absolute Gasteiger partial charge is 0.301 e. The normalized spacial score (nSPS) is 33.9. The lowest BCUT2D eigenvalue weighted by atomic mass is 9.75. The standard InChI is InChI=1S/C17H32N2O/c1-5-16-12-19(9-8-18(16)4)11-15-10-14(13(2)3)6-7-17(15)20/h13-16H,5-12H2,1-4H3. The van der Waals surface area contributed by atoms with Gasteiger partial charge < -0.3 is 4.90 Å². The van der Waals surface area contributed by atoms with Gasteiger partial charge in [-0.3, -0.25) is 9.69 Å². The molecular weight excluding hydrogens is 248 g/mol. The molecule has 0 amide bonds. The van der Waals surface area contributed by atoms with E-state index < -0.39 is 0 Å². The zero-order valence-electron chi connectivity index (χ0n) is 13.8. The predicted octanol–water partition coefficient (Wildman–Crippen LogP) is 2.65. The maximum absolute atomic E-state index is 12.2. The van der Waals surface area contributed by atoms with E-state index in [1.54, 1.807) is 0 Å². The van der Waals surface area contributed by atoms with Gasteiger partial charge in [0.05, 0.1) is 0 Å². The third-order valence-electron chi connectivity index (χ3n) is 5.56. The number of hydrogen-bond acceptors (Lipinski definition) is 3. The molecule has 0 aromatic rings. The van der Waals surface area contributed by atoms with Crippen LogP contribution in [0.15, 0.2) is 0 Å². The predicted molar refractivity (Wildman–Crippen MR) is 83.8 cm³/mol. The van der Waals surface area contributed by atoms with E-state index in [2.05, 4.69) is 37.6 Å². The maximum Gasteiger partial charge on any atom is 0.137 e. The van der Waals surface area contributed by atoms with Crippen molar-refractivity contribution in [2.45, 2.75) is 52.5 Å². The molecule has 1 saturated carbocycles. The molecule has 1 aliphatic heterocycles. The fourth-order valence-corrected chi connectivity index (χ4v) is 3.86. The minimum absolute atomic E-state index is 0.303. The summed E-state index contributed by atoms with van der Waals surface area (Å²) < 4.78 is 0. The summed E-state index contributed by atoms with van der Waals surface area (Å²) in [4.78, 5) is 17.2. The second kappa shape index (κ2) is 7.04. The molecule has 0 aromatic heterocycles. The molecule has 2 rings (SSSR count). The number of ketones is 1. The van der Waals surface area contributed by atoms with Gasteiger partial charge in [0.15, 0.2) is 0 Å². The van der Waals surface area contributed by atoms with Crippen LogP contribution in [0.5, 0.6) is 0 Å². The molecule has 0 spiro atoms. The van der Waals surface area contributed by atoms with Crippen LogP contribution in [0.1, 0.15) is 46.5 Å². The summed E-state index contributed by atoms with van der Waals surface area (Å²) in [6.07, 6.45) is 4.27. The summed E-state index contributed by atoms with van der Waals surface area (Å²) >= 11 is 0. The lowest BCUT2D eigenvalue weighted by Crippen LogP contribution is -2.53. The number of rotatable bonds is 4. The van der Waals surface area contributed by atoms with Crippen molar-refractivity contribution in [1.82, 2.24) is 9.80 Å². The van der Waals surface area contributed by atoms with E-state index in [1.807, 2.05) is 0 Å². The Morgan fingerprint density at radius 2 is 2.05 bits per heavy atom. The van der Waals surface area contributed by atoms with E-state index in [0.29, 0.717) is 17.7 Å². The Balaban J connectivity index is 1.89. The summed E-state index contributed by atoms with van der Waals surface area (Å²) in [6, 6.07) is 0.670. The van der Waals surface area contributed by atoms with E-state index >= 15 is 0 Å². The highest BCUT2D eigenvalue weighted by molar-refractivity contribution is 5.82. The summed E-state index contributed by atoms with van der Waals surface area (Å²) in [7, 11) is 2.23. The molecule has 2 aliphatic rings. The van der Waals surface area contributed by atoms with Crippen LogP contribution in [0, 0.1) is 17.8 Å². The van der Waals surface area contributed by atoms with Gasteiger partial charge in [-0.15, -0.1) is 0 Å². The van der Waals surface area contributed by atoms with Gasteiger partial charge in [-0.25, -0.2) is 0 Å². The quantitative estimate of drug-likeness (QED) is 0.791. The van der Waals surface area contributed by atoms with Crippen molar-refractivity contribution >= 4 is 5.78 Å². The maximum atomic E-state index is 12.2. The third kappa shape index (κ3) is 3.82. The van der Waals surface area contributed by atoms with Crippen molar-refractivity contribution < 1.29 is 4.79 Å². The van der Waals surface area contributed by atoms with Gasteiger partial charge in [0, 0.05) is 44.6 Å². The monoisotopic (exact) mass is 280 g/mol. The first-order valence-corrected chi connectivity index (χ1v) is 8.46. The molecule has 0 N–H and O–H groups in total. The molecular formula is C17H32N2O. The van der Waals surface area contributed by atoms with Crippen LogP contribution in [0.25, 0.3) is 0 Å². The summed E-state index contributed by atoms with van der Waals surface area (Å²) in [6.45, 7) is 11.3. The Morgan fingerprint density at radius 1 is 1.30 bits per heavy atom. The van der Waals surface area contributed by atoms with Crippen molar-refractivity contribution in [2.24, 2.45) is 17.8 Å². The fraction of sp³-hybridized carbons (Fsp3) is 0.941. The summed E-state index contributed by atoms with van der Waals surface area (Å²) in [5, 5.41) is 0. The number of likely N-dealkylation sites (N-methyl/N-ethyl adjacent to an activating group) is 1. The molecule has 0 aromatic carbocycles. The summed E-state index contributed by atoms with van der Waals surface area (Å²) in [5.41, 5.74) is 0. The molecule has 2 fully saturated rings. The first-order chi connectivity index (χ1) is 9.51. The zero-order valence-corrected chi connectivity index (χ0v) is 13.8. The van der Waals surface area contributed by atoms with Crippen LogP contribution >= 0.6 is 0 Å². The average molecular weight is 280 g/mol. The van der Waals surface area contributed by atoms with Crippen LogP contribution in [-0.4, -0.2) is 54.9 Å². The van der Waals surface area contributed by atoms with Crippen molar-refractivity contribution in [3.8, 4) is 0 Å². The van der Waals surface area contributed by atoms with Crippen LogP contribution in [0.3, 0.4) is 0 Å². The van der Waals surface area contributed by atoms with Gasteiger partial charge in [-0.2, -0.15) is 0 Å². The highest BCUT2D eigenvalue weighted by Gasteiger charge is 2.33. The molecule has 1 saturated heterocycles. The van der Waals surface area contributed by atoms with Gasteiger partial charge in [0.2, 0.25) is 0 Å². The van der Waals surface area contributed by atoms with Gasteiger partial charge >= 0.3 is 0 Å². The third-order valence-corrected chi connectivity index (χ3v) is 5.56. The number of nitrogens with zero attached hydrogens (tertiary/aromatic N) is 2. The van der Waals surface area contributed by atoms with Gasteiger partial charge in [0.1, 0.15) is 5.78 Å². The first-order valence-electron chi connectivity index (χ1n) is 8.46. The van der Waals surface area contributed by atoms with Crippen molar-refractivity contribution in [3.05, 3.63) is 0 Å². The smallest absolute Gasteiger partial charge is 0.137 e. The molecule has 20 heavy (non-hydrogen) atoms. The van der Waals surface area contributed by atoms with Crippen LogP contribution < -0.4 is 0 Å². The lowest BCUT2D eigenvalue weighted by molar-refractivity contribution is -0.127. The van der Waals surface area contributed by atoms with Crippen molar-refractivity contribution in [1.29, 1.82) is 0 Å². The van der Waals surface area contributed by atoms with Gasteiger partial charge in [-0.05, 0) is 38.1 Å². The average Bonchev–Trinajstić information content (AvgIpc) is 2.43. The van der Waals surface area contributed by atoms with Crippen LogP contribution in [0.4, 0.5) is 0 Å². The number of carbonyl (C=O) groups excluding carboxylic acids is 1. The van der Waals surface area contributed by atoms with Crippen LogP contribution in [0.2, 0.25) is 0 Å². The van der Waals surface area contributed by atoms with E-state index in [4.69, 9.17) is 0 Å². The number of piperazine rings is 1. The molecule has 116 valence electrons. The fourth-order valence-electron chi connectivity index (χ4n) is 3.86. The number of Topliss-reactive ketones (excluding diaryl/α,β-unsaturated/α-hetero) is 1. The van der Waals surface area contributed by atoms with E-state index in [-0.39, 0.29) is 0 Å². The molecule has 3 heteroatoms. The van der Waals surface area contributed by atoms with Crippen LogP contribution in [-0.2, 0) is 4.79 Å². The first kappa shape index (κ1) is 16.0. The molecule has 1 aliphatic carbocycles. The van der Waals surface area contributed by atoms with E-state index in [1.165, 1.54) is 6.42 Å². The molecule has 0 radical (unpaired) electrons.